The second-order valence-electron chi connectivity index (χ2n) is 6.17. The first kappa shape index (κ1) is 17.1. The molecule has 1 aliphatic heterocycles. The number of nitrogens with zero attached hydrogens (tertiary/aromatic N) is 2. The summed E-state index contributed by atoms with van der Waals surface area (Å²) in [4.78, 5) is 17.7. The summed E-state index contributed by atoms with van der Waals surface area (Å²) < 4.78 is 13.6. The Labute approximate surface area is 146 Å². The molecule has 0 unspecified atom stereocenters. The van der Waals surface area contributed by atoms with Crippen LogP contribution >= 0.6 is 11.3 Å². The lowest BCUT2D eigenvalue weighted by atomic mass is 10.1. The van der Waals surface area contributed by atoms with Gasteiger partial charge in [0.2, 0.25) is 5.91 Å². The molecule has 2 aromatic rings. The van der Waals surface area contributed by atoms with Gasteiger partial charge in [0, 0.05) is 31.1 Å². The Kier molecular flexibility index (Phi) is 5.99. The van der Waals surface area contributed by atoms with Crippen LogP contribution in [0.4, 0.5) is 4.39 Å². The molecule has 1 aromatic heterocycles. The summed E-state index contributed by atoms with van der Waals surface area (Å²) in [5, 5.41) is 2.01. The zero-order valence-corrected chi connectivity index (χ0v) is 14.6. The van der Waals surface area contributed by atoms with Gasteiger partial charge in [-0.15, -0.1) is 11.3 Å². The topological polar surface area (TPSA) is 23.6 Å². The molecule has 1 fully saturated rings. The Balaban J connectivity index is 1.37. The van der Waals surface area contributed by atoms with E-state index in [-0.39, 0.29) is 11.7 Å². The van der Waals surface area contributed by atoms with E-state index in [0.717, 1.165) is 56.0 Å². The highest BCUT2D eigenvalue weighted by Crippen LogP contribution is 2.13. The Morgan fingerprint density at radius 3 is 2.58 bits per heavy atom. The van der Waals surface area contributed by atoms with Crippen molar-refractivity contribution in [1.29, 1.82) is 0 Å². The van der Waals surface area contributed by atoms with Crippen LogP contribution in [0.5, 0.6) is 0 Å². The highest BCUT2D eigenvalue weighted by Gasteiger charge is 2.21. The fraction of sp³-hybridized carbons (Fsp3) is 0.421. The maximum atomic E-state index is 13.6. The third-order valence-electron chi connectivity index (χ3n) is 4.51. The summed E-state index contributed by atoms with van der Waals surface area (Å²) >= 11 is 1.64. The van der Waals surface area contributed by atoms with E-state index in [2.05, 4.69) is 4.90 Å². The lowest BCUT2D eigenvalue weighted by Crippen LogP contribution is -2.49. The third-order valence-corrected chi connectivity index (χ3v) is 5.39. The quantitative estimate of drug-likeness (QED) is 0.802. The Bertz CT molecular complexity index is 651. The molecule has 128 valence electrons. The lowest BCUT2D eigenvalue weighted by Gasteiger charge is -2.34. The Morgan fingerprint density at radius 2 is 1.88 bits per heavy atom. The highest BCUT2D eigenvalue weighted by atomic mass is 32.1. The second-order valence-corrected chi connectivity index (χ2v) is 7.21. The molecule has 0 bridgehead atoms. The number of amides is 1. The number of hydrogen-bond donors (Lipinski definition) is 0. The van der Waals surface area contributed by atoms with Crippen molar-refractivity contribution in [3.05, 3.63) is 58.0 Å². The molecular formula is C19H23FN2OS. The standard InChI is InChI=1S/C19H23FN2OS/c20-18-8-2-1-5-16(18)6-3-9-21-10-12-22(13-11-21)19(23)15-17-7-4-14-24-17/h1-2,4-5,7-8,14H,3,6,9-13,15H2. The first-order chi connectivity index (χ1) is 11.7. The van der Waals surface area contributed by atoms with Crippen molar-refractivity contribution in [1.82, 2.24) is 9.80 Å². The molecule has 2 heterocycles. The van der Waals surface area contributed by atoms with E-state index in [4.69, 9.17) is 0 Å². The molecule has 24 heavy (non-hydrogen) atoms. The van der Waals surface area contributed by atoms with E-state index in [9.17, 15) is 9.18 Å². The molecule has 0 N–H and O–H groups in total. The molecule has 0 aliphatic carbocycles. The van der Waals surface area contributed by atoms with Gasteiger partial charge in [-0.1, -0.05) is 24.3 Å². The Hall–Kier alpha value is -1.72. The van der Waals surface area contributed by atoms with E-state index < -0.39 is 0 Å². The first-order valence-electron chi connectivity index (χ1n) is 8.48. The molecule has 0 spiro atoms. The van der Waals surface area contributed by atoms with Crippen LogP contribution in [0.3, 0.4) is 0 Å². The average Bonchev–Trinajstić information content (AvgIpc) is 3.10. The first-order valence-corrected chi connectivity index (χ1v) is 9.36. The highest BCUT2D eigenvalue weighted by molar-refractivity contribution is 7.10. The number of carbonyl (C=O) groups excluding carboxylic acids is 1. The van der Waals surface area contributed by atoms with Crippen molar-refractivity contribution in [3.8, 4) is 0 Å². The largest absolute Gasteiger partial charge is 0.340 e. The average molecular weight is 346 g/mol. The van der Waals surface area contributed by atoms with Gasteiger partial charge in [-0.25, -0.2) is 4.39 Å². The molecular weight excluding hydrogens is 323 g/mol. The van der Waals surface area contributed by atoms with Gasteiger partial charge < -0.3 is 4.90 Å². The zero-order valence-electron chi connectivity index (χ0n) is 13.8. The number of rotatable bonds is 6. The summed E-state index contributed by atoms with van der Waals surface area (Å²) in [5.41, 5.74) is 0.794. The molecule has 5 heteroatoms. The van der Waals surface area contributed by atoms with E-state index in [1.165, 1.54) is 6.07 Å². The summed E-state index contributed by atoms with van der Waals surface area (Å²) in [6.07, 6.45) is 2.24. The second kappa shape index (κ2) is 8.40. The van der Waals surface area contributed by atoms with Gasteiger partial charge in [0.05, 0.1) is 6.42 Å². The predicted molar refractivity (Wildman–Crippen MR) is 95.8 cm³/mol. The lowest BCUT2D eigenvalue weighted by molar-refractivity contribution is -0.132. The maximum absolute atomic E-state index is 13.6. The van der Waals surface area contributed by atoms with Crippen molar-refractivity contribution in [2.75, 3.05) is 32.7 Å². The van der Waals surface area contributed by atoms with Crippen LogP contribution in [0.2, 0.25) is 0 Å². The van der Waals surface area contributed by atoms with Gasteiger partial charge >= 0.3 is 0 Å². The SMILES string of the molecule is O=C(Cc1cccs1)N1CCN(CCCc2ccccc2F)CC1. The Morgan fingerprint density at radius 1 is 1.08 bits per heavy atom. The minimum atomic E-state index is -0.110. The van der Waals surface area contributed by atoms with Crippen molar-refractivity contribution >= 4 is 17.2 Å². The van der Waals surface area contributed by atoms with Gasteiger partial charge in [0.1, 0.15) is 5.82 Å². The summed E-state index contributed by atoms with van der Waals surface area (Å²) in [7, 11) is 0. The predicted octanol–water partition coefficient (Wildman–Crippen LogP) is 3.21. The minimum Gasteiger partial charge on any atom is -0.340 e. The van der Waals surface area contributed by atoms with Crippen molar-refractivity contribution in [3.63, 3.8) is 0 Å². The fourth-order valence-corrected chi connectivity index (χ4v) is 3.79. The van der Waals surface area contributed by atoms with Crippen molar-refractivity contribution in [2.45, 2.75) is 19.3 Å². The monoisotopic (exact) mass is 346 g/mol. The van der Waals surface area contributed by atoms with Gasteiger partial charge in [0.15, 0.2) is 0 Å². The smallest absolute Gasteiger partial charge is 0.227 e. The molecule has 3 rings (SSSR count). The molecule has 1 aromatic carbocycles. The number of benzene rings is 1. The van der Waals surface area contributed by atoms with Crippen LogP contribution in [0.25, 0.3) is 0 Å². The summed E-state index contributed by atoms with van der Waals surface area (Å²) in [5.74, 6) is 0.116. The van der Waals surface area contributed by atoms with Crippen LogP contribution < -0.4 is 0 Å². The number of hydrogen-bond acceptors (Lipinski definition) is 3. The molecule has 1 saturated heterocycles. The van der Waals surface area contributed by atoms with Gasteiger partial charge in [-0.3, -0.25) is 9.69 Å². The van der Waals surface area contributed by atoms with E-state index >= 15 is 0 Å². The van der Waals surface area contributed by atoms with Crippen molar-refractivity contribution in [2.24, 2.45) is 0 Å². The summed E-state index contributed by atoms with van der Waals surface area (Å²) in [6, 6.07) is 11.0. The van der Waals surface area contributed by atoms with Gasteiger partial charge in [-0.05, 0) is 42.5 Å². The maximum Gasteiger partial charge on any atom is 0.227 e. The van der Waals surface area contributed by atoms with E-state index in [1.807, 2.05) is 34.5 Å². The number of aryl methyl sites for hydroxylation is 1. The third kappa shape index (κ3) is 4.65. The number of halogens is 1. The molecule has 0 saturated carbocycles. The van der Waals surface area contributed by atoms with Gasteiger partial charge in [0.25, 0.3) is 0 Å². The van der Waals surface area contributed by atoms with Crippen LogP contribution in [0.1, 0.15) is 16.9 Å². The molecule has 0 atom stereocenters. The van der Waals surface area contributed by atoms with Crippen LogP contribution in [0, 0.1) is 5.82 Å². The molecule has 0 radical (unpaired) electrons. The number of carbonyl (C=O) groups is 1. The van der Waals surface area contributed by atoms with E-state index in [0.29, 0.717) is 6.42 Å². The van der Waals surface area contributed by atoms with Crippen LogP contribution in [0.15, 0.2) is 41.8 Å². The minimum absolute atomic E-state index is 0.110. The fourth-order valence-electron chi connectivity index (χ4n) is 3.09. The zero-order chi connectivity index (χ0) is 16.8. The van der Waals surface area contributed by atoms with Crippen LogP contribution in [-0.2, 0) is 17.6 Å². The van der Waals surface area contributed by atoms with Crippen LogP contribution in [-0.4, -0.2) is 48.4 Å². The van der Waals surface area contributed by atoms with Gasteiger partial charge in [-0.2, -0.15) is 0 Å². The van der Waals surface area contributed by atoms with E-state index in [1.54, 1.807) is 17.4 Å². The van der Waals surface area contributed by atoms with Crippen molar-refractivity contribution < 1.29 is 9.18 Å². The normalized spacial score (nSPS) is 15.6. The number of thiophene rings is 1. The molecule has 1 aliphatic rings. The molecule has 3 nitrogen and oxygen atoms in total. The number of piperazine rings is 1. The summed E-state index contributed by atoms with van der Waals surface area (Å²) in [6.45, 7) is 4.37. The molecule has 1 amide bonds.